The third kappa shape index (κ3) is 7.82. The van der Waals surface area contributed by atoms with Gasteiger partial charge in [0, 0.05) is 12.3 Å². The number of rotatable bonds is 13. The fourth-order valence-electron chi connectivity index (χ4n) is 3.93. The zero-order valence-electron chi connectivity index (χ0n) is 21.3. The first-order chi connectivity index (χ1) is 17.8. The van der Waals surface area contributed by atoms with E-state index < -0.39 is 22.0 Å². The van der Waals surface area contributed by atoms with Gasteiger partial charge in [-0.3, -0.25) is 10.0 Å². The summed E-state index contributed by atoms with van der Waals surface area (Å²) in [5.74, 6) is 1.01. The summed E-state index contributed by atoms with van der Waals surface area (Å²) in [7, 11) is -2.49. The minimum Gasteiger partial charge on any atom is -0.497 e. The quantitative estimate of drug-likeness (QED) is 0.175. The van der Waals surface area contributed by atoms with E-state index in [9.17, 15) is 18.4 Å². The maximum absolute atomic E-state index is 13.5. The maximum atomic E-state index is 13.5. The maximum Gasteiger partial charge on any atom is 0.261 e. The Morgan fingerprint density at radius 2 is 1.59 bits per heavy atom. The van der Waals surface area contributed by atoms with Crippen LogP contribution in [0.15, 0.2) is 83.8 Å². The molecule has 9 heteroatoms. The van der Waals surface area contributed by atoms with E-state index in [2.05, 4.69) is 36.4 Å². The first-order valence-electron chi connectivity index (χ1n) is 12.1. The van der Waals surface area contributed by atoms with Crippen molar-refractivity contribution in [2.45, 2.75) is 37.0 Å². The predicted octanol–water partition coefficient (Wildman–Crippen LogP) is 5.21. The molecule has 7 nitrogen and oxygen atoms in total. The molecule has 0 radical (unpaired) electrons. The molecule has 1 unspecified atom stereocenters. The van der Waals surface area contributed by atoms with E-state index in [1.807, 2.05) is 32.0 Å². The van der Waals surface area contributed by atoms with Crippen molar-refractivity contribution in [3.63, 3.8) is 0 Å². The molecule has 3 aromatic rings. The van der Waals surface area contributed by atoms with E-state index in [1.54, 1.807) is 29.4 Å². The normalized spacial score (nSPS) is 12.5. The lowest BCUT2D eigenvalue weighted by Gasteiger charge is -2.30. The monoisotopic (exact) mass is 542 g/mol. The number of ether oxygens (including phenoxy) is 1. The molecule has 0 spiro atoms. The lowest BCUT2D eigenvalue weighted by molar-refractivity contribution is -0.133. The fraction of sp³-hybridized carbons (Fsp3) is 0.321. The number of amides is 1. The summed E-state index contributed by atoms with van der Waals surface area (Å²) in [6, 6.07) is 23.5. The van der Waals surface area contributed by atoms with Gasteiger partial charge >= 0.3 is 0 Å². The molecule has 0 aliphatic heterocycles. The second-order valence-electron chi connectivity index (χ2n) is 9.04. The predicted molar refractivity (Wildman–Crippen MR) is 148 cm³/mol. The van der Waals surface area contributed by atoms with Crippen LogP contribution in [-0.2, 0) is 20.6 Å². The van der Waals surface area contributed by atoms with Crippen LogP contribution in [0, 0.1) is 5.92 Å². The second kappa shape index (κ2) is 13.6. The summed E-state index contributed by atoms with van der Waals surface area (Å²) in [6.07, 6.45) is 0.251. The number of hydrogen-bond donors (Lipinski definition) is 2. The van der Waals surface area contributed by atoms with Crippen LogP contribution in [0.5, 0.6) is 5.75 Å². The Morgan fingerprint density at radius 1 is 0.973 bits per heavy atom. The molecular formula is C28H34N2O5S2. The van der Waals surface area contributed by atoms with Crippen molar-refractivity contribution in [3.8, 4) is 16.9 Å². The van der Waals surface area contributed by atoms with Gasteiger partial charge in [0.2, 0.25) is 10.0 Å². The molecule has 0 heterocycles. The van der Waals surface area contributed by atoms with E-state index in [4.69, 9.17) is 4.74 Å². The highest BCUT2D eigenvalue weighted by molar-refractivity contribution is 7.98. The summed E-state index contributed by atoms with van der Waals surface area (Å²) in [5, 5.41) is 9.40. The van der Waals surface area contributed by atoms with Crippen molar-refractivity contribution in [2.24, 2.45) is 5.92 Å². The Bertz CT molecular complexity index is 1230. The highest BCUT2D eigenvalue weighted by Gasteiger charge is 2.36. The number of nitrogens with zero attached hydrogens (tertiary/aromatic N) is 1. The molecule has 0 aliphatic rings. The molecule has 2 N–H and O–H groups in total. The zero-order chi connectivity index (χ0) is 26.8. The van der Waals surface area contributed by atoms with Gasteiger partial charge in [0.1, 0.15) is 11.8 Å². The van der Waals surface area contributed by atoms with Gasteiger partial charge < -0.3 is 4.74 Å². The molecule has 1 amide bonds. The number of sulfonamides is 1. The average Bonchev–Trinajstić information content (AvgIpc) is 2.92. The number of methoxy groups -OCH3 is 1. The standard InChI is InChI=1S/C28H34N2O5S2/c1-21(2)19-30(37(33,34)26-15-13-25(35-3)14-16-26)27(28(31)29-32)17-18-36-20-22-9-11-24(12-10-22)23-7-5-4-6-8-23/h4-16,21,27,32H,17-20H2,1-3H3,(H,29,31). The summed E-state index contributed by atoms with van der Waals surface area (Å²) >= 11 is 1.61. The van der Waals surface area contributed by atoms with Crippen molar-refractivity contribution in [3.05, 3.63) is 84.4 Å². The largest absolute Gasteiger partial charge is 0.497 e. The number of thioether (sulfide) groups is 1. The van der Waals surface area contributed by atoms with Crippen LogP contribution < -0.4 is 10.2 Å². The number of benzene rings is 3. The number of carbonyl (C=O) groups excluding carboxylic acids is 1. The van der Waals surface area contributed by atoms with Gasteiger partial charge in [-0.1, -0.05) is 68.4 Å². The highest BCUT2D eigenvalue weighted by Crippen LogP contribution is 2.26. The number of hydrogen-bond acceptors (Lipinski definition) is 6. The lowest BCUT2D eigenvalue weighted by Crippen LogP contribution is -2.50. The Balaban J connectivity index is 1.70. The van der Waals surface area contributed by atoms with E-state index in [0.717, 1.165) is 22.4 Å². The van der Waals surface area contributed by atoms with Crippen molar-refractivity contribution in [1.29, 1.82) is 0 Å². The SMILES string of the molecule is COc1ccc(S(=O)(=O)N(CC(C)C)C(CCSCc2ccc(-c3ccccc3)cc2)C(=O)NO)cc1. The highest BCUT2D eigenvalue weighted by atomic mass is 32.2. The molecule has 1 atom stereocenters. The second-order valence-corrected chi connectivity index (χ2v) is 12.0. The van der Waals surface area contributed by atoms with Crippen LogP contribution in [0.1, 0.15) is 25.8 Å². The Hall–Kier alpha value is -2.85. The van der Waals surface area contributed by atoms with Gasteiger partial charge in [-0.25, -0.2) is 13.9 Å². The summed E-state index contributed by atoms with van der Waals surface area (Å²) < 4.78 is 33.4. The van der Waals surface area contributed by atoms with Crippen molar-refractivity contribution >= 4 is 27.7 Å². The smallest absolute Gasteiger partial charge is 0.261 e. The van der Waals surface area contributed by atoms with Crippen molar-refractivity contribution < 1.29 is 23.2 Å². The average molecular weight is 543 g/mol. The van der Waals surface area contributed by atoms with Gasteiger partial charge in [-0.2, -0.15) is 16.1 Å². The molecule has 198 valence electrons. The Kier molecular flexibility index (Phi) is 10.6. The van der Waals surface area contributed by atoms with Crippen molar-refractivity contribution in [1.82, 2.24) is 9.79 Å². The molecule has 3 aromatic carbocycles. The van der Waals surface area contributed by atoms with E-state index >= 15 is 0 Å². The molecule has 0 aliphatic carbocycles. The lowest BCUT2D eigenvalue weighted by atomic mass is 10.0. The van der Waals surface area contributed by atoms with Gasteiger partial charge in [-0.15, -0.1) is 0 Å². The van der Waals surface area contributed by atoms with E-state index in [-0.39, 0.29) is 23.8 Å². The summed E-state index contributed by atoms with van der Waals surface area (Å²) in [5.41, 5.74) is 5.10. The first kappa shape index (κ1) is 28.7. The molecule has 0 saturated heterocycles. The topological polar surface area (TPSA) is 95.9 Å². The Morgan fingerprint density at radius 3 is 2.16 bits per heavy atom. The zero-order valence-corrected chi connectivity index (χ0v) is 23.0. The molecule has 0 aromatic heterocycles. The molecule has 3 rings (SSSR count). The van der Waals surface area contributed by atoms with Crippen LogP contribution >= 0.6 is 11.8 Å². The van der Waals surface area contributed by atoms with Crippen LogP contribution in [0.4, 0.5) is 0 Å². The first-order valence-corrected chi connectivity index (χ1v) is 14.7. The number of hydroxylamine groups is 1. The third-order valence-corrected chi connectivity index (χ3v) is 8.79. The molecule has 37 heavy (non-hydrogen) atoms. The van der Waals surface area contributed by atoms with Crippen LogP contribution in [0.3, 0.4) is 0 Å². The van der Waals surface area contributed by atoms with Gasteiger partial charge in [-0.05, 0) is 59.0 Å². The third-order valence-electron chi connectivity index (χ3n) is 5.84. The minimum atomic E-state index is -4.00. The summed E-state index contributed by atoms with van der Waals surface area (Å²) in [6.45, 7) is 3.91. The molecule has 0 bridgehead atoms. The van der Waals surface area contributed by atoms with Crippen LogP contribution in [-0.4, -0.2) is 49.3 Å². The Labute approximate surface area is 223 Å². The van der Waals surface area contributed by atoms with Crippen LogP contribution in [0.25, 0.3) is 11.1 Å². The minimum absolute atomic E-state index is 0.0298. The molecule has 0 fully saturated rings. The van der Waals surface area contributed by atoms with Crippen LogP contribution in [0.2, 0.25) is 0 Å². The molecule has 0 saturated carbocycles. The summed E-state index contributed by atoms with van der Waals surface area (Å²) in [4.78, 5) is 12.7. The number of nitrogens with one attached hydrogen (secondary N) is 1. The van der Waals surface area contributed by atoms with Gasteiger partial charge in [0.05, 0.1) is 12.0 Å². The molecular weight excluding hydrogens is 508 g/mol. The van der Waals surface area contributed by atoms with Gasteiger partial charge in [0.25, 0.3) is 5.91 Å². The van der Waals surface area contributed by atoms with Gasteiger partial charge in [0.15, 0.2) is 0 Å². The van der Waals surface area contributed by atoms with E-state index in [0.29, 0.717) is 11.5 Å². The van der Waals surface area contributed by atoms with Crippen molar-refractivity contribution in [2.75, 3.05) is 19.4 Å². The van der Waals surface area contributed by atoms with E-state index in [1.165, 1.54) is 23.5 Å². The number of carbonyl (C=O) groups is 1. The fourth-order valence-corrected chi connectivity index (χ4v) is 6.67.